The number of benzene rings is 1. The van der Waals surface area contributed by atoms with Gasteiger partial charge in [-0.25, -0.2) is 4.39 Å². The zero-order valence-electron chi connectivity index (χ0n) is 9.39. The van der Waals surface area contributed by atoms with Crippen molar-refractivity contribution in [3.63, 3.8) is 0 Å². The summed E-state index contributed by atoms with van der Waals surface area (Å²) in [7, 11) is 0. The van der Waals surface area contributed by atoms with Crippen molar-refractivity contribution in [2.24, 2.45) is 0 Å². The summed E-state index contributed by atoms with van der Waals surface area (Å²) in [5.41, 5.74) is 1.11. The van der Waals surface area contributed by atoms with Gasteiger partial charge in [-0.15, -0.1) is 0 Å². The topological polar surface area (TPSA) is 24.1 Å². The van der Waals surface area contributed by atoms with E-state index in [2.05, 4.69) is 24.5 Å². The van der Waals surface area contributed by atoms with Gasteiger partial charge in [0.1, 0.15) is 5.82 Å². The first kappa shape index (κ1) is 12.1. The zero-order chi connectivity index (χ0) is 11.1. The van der Waals surface area contributed by atoms with E-state index in [1.807, 2.05) is 12.1 Å². The summed E-state index contributed by atoms with van der Waals surface area (Å²) in [6.45, 7) is 6.95. The van der Waals surface area contributed by atoms with E-state index < -0.39 is 0 Å². The van der Waals surface area contributed by atoms with Crippen LogP contribution in [0.1, 0.15) is 19.4 Å². The molecule has 0 heterocycles. The molecule has 0 aromatic heterocycles. The first-order chi connectivity index (χ1) is 7.22. The van der Waals surface area contributed by atoms with Gasteiger partial charge >= 0.3 is 0 Å². The van der Waals surface area contributed by atoms with Crippen LogP contribution in [0.2, 0.25) is 0 Å². The quantitative estimate of drug-likeness (QED) is 0.749. The second-order valence-electron chi connectivity index (χ2n) is 3.72. The molecule has 1 rings (SSSR count). The molecule has 0 radical (unpaired) electrons. The van der Waals surface area contributed by atoms with Gasteiger partial charge in [-0.2, -0.15) is 0 Å². The van der Waals surface area contributed by atoms with E-state index in [0.717, 1.165) is 25.2 Å². The number of likely N-dealkylation sites (N-methyl/N-ethyl adjacent to an activating group) is 1. The molecule has 0 aliphatic heterocycles. The summed E-state index contributed by atoms with van der Waals surface area (Å²) < 4.78 is 12.6. The Labute approximate surface area is 90.9 Å². The van der Waals surface area contributed by atoms with Crippen LogP contribution in [0.25, 0.3) is 0 Å². The van der Waals surface area contributed by atoms with Crippen LogP contribution in [0.4, 0.5) is 4.39 Å². The van der Waals surface area contributed by atoms with E-state index in [0.29, 0.717) is 6.04 Å². The smallest absolute Gasteiger partial charge is 0.123 e. The highest BCUT2D eigenvalue weighted by atomic mass is 19.1. The van der Waals surface area contributed by atoms with E-state index >= 15 is 0 Å². The Hall–Kier alpha value is -0.930. The number of hydrogen-bond acceptors (Lipinski definition) is 2. The van der Waals surface area contributed by atoms with E-state index in [-0.39, 0.29) is 5.82 Å². The van der Waals surface area contributed by atoms with Gasteiger partial charge in [-0.05, 0) is 31.2 Å². The van der Waals surface area contributed by atoms with Crippen molar-refractivity contribution in [2.45, 2.75) is 26.4 Å². The lowest BCUT2D eigenvalue weighted by atomic mass is 10.2. The highest BCUT2D eigenvalue weighted by molar-refractivity contribution is 5.15. The molecular formula is C12H19FN2. The molecule has 2 N–H and O–H groups in total. The predicted octanol–water partition coefficient (Wildman–Crippen LogP) is 1.91. The number of hydrogen-bond donors (Lipinski definition) is 2. The van der Waals surface area contributed by atoms with E-state index in [4.69, 9.17) is 0 Å². The SMILES string of the molecule is CCNCC(C)NCc1ccc(F)cc1. The van der Waals surface area contributed by atoms with E-state index in [1.165, 1.54) is 12.1 Å². The molecule has 0 saturated heterocycles. The fourth-order valence-corrected chi connectivity index (χ4v) is 1.33. The molecule has 0 bridgehead atoms. The highest BCUT2D eigenvalue weighted by Gasteiger charge is 2.00. The van der Waals surface area contributed by atoms with Crippen LogP contribution in [-0.2, 0) is 6.54 Å². The summed E-state index contributed by atoms with van der Waals surface area (Å²) >= 11 is 0. The second kappa shape index (κ2) is 6.53. The van der Waals surface area contributed by atoms with E-state index in [9.17, 15) is 4.39 Å². The largest absolute Gasteiger partial charge is 0.315 e. The number of rotatable bonds is 6. The van der Waals surface area contributed by atoms with Crippen LogP contribution in [0.5, 0.6) is 0 Å². The molecule has 15 heavy (non-hydrogen) atoms. The predicted molar refractivity (Wildman–Crippen MR) is 61.2 cm³/mol. The lowest BCUT2D eigenvalue weighted by Gasteiger charge is -2.13. The average molecular weight is 210 g/mol. The summed E-state index contributed by atoms with van der Waals surface area (Å²) in [6, 6.07) is 7.03. The van der Waals surface area contributed by atoms with Gasteiger partial charge in [0.2, 0.25) is 0 Å². The van der Waals surface area contributed by atoms with Crippen molar-refractivity contribution in [1.29, 1.82) is 0 Å². The van der Waals surface area contributed by atoms with Crippen molar-refractivity contribution >= 4 is 0 Å². The molecule has 1 unspecified atom stereocenters. The van der Waals surface area contributed by atoms with Crippen LogP contribution in [-0.4, -0.2) is 19.1 Å². The van der Waals surface area contributed by atoms with Crippen molar-refractivity contribution in [2.75, 3.05) is 13.1 Å². The highest BCUT2D eigenvalue weighted by Crippen LogP contribution is 2.02. The molecule has 0 amide bonds. The van der Waals surface area contributed by atoms with Gasteiger partial charge in [-0.3, -0.25) is 0 Å². The maximum absolute atomic E-state index is 12.6. The Morgan fingerprint density at radius 3 is 2.53 bits per heavy atom. The molecule has 84 valence electrons. The Kier molecular flexibility index (Phi) is 5.29. The monoisotopic (exact) mass is 210 g/mol. The van der Waals surface area contributed by atoms with Crippen molar-refractivity contribution in [3.8, 4) is 0 Å². The summed E-state index contributed by atoms with van der Waals surface area (Å²) in [5, 5.41) is 6.64. The molecule has 1 atom stereocenters. The molecule has 3 heteroatoms. The molecular weight excluding hydrogens is 191 g/mol. The van der Waals surface area contributed by atoms with Gasteiger partial charge in [0, 0.05) is 19.1 Å². The van der Waals surface area contributed by atoms with Gasteiger partial charge in [0.25, 0.3) is 0 Å². The maximum atomic E-state index is 12.6. The van der Waals surface area contributed by atoms with Crippen LogP contribution in [0.3, 0.4) is 0 Å². The molecule has 0 aliphatic carbocycles. The normalized spacial score (nSPS) is 12.7. The van der Waals surface area contributed by atoms with Crippen LogP contribution < -0.4 is 10.6 Å². The van der Waals surface area contributed by atoms with Gasteiger partial charge < -0.3 is 10.6 Å². The fourth-order valence-electron chi connectivity index (χ4n) is 1.33. The molecule has 1 aromatic carbocycles. The minimum absolute atomic E-state index is 0.181. The average Bonchev–Trinajstić information content (AvgIpc) is 2.25. The minimum atomic E-state index is -0.181. The van der Waals surface area contributed by atoms with Crippen LogP contribution in [0, 0.1) is 5.82 Å². The van der Waals surface area contributed by atoms with Gasteiger partial charge in [0.15, 0.2) is 0 Å². The van der Waals surface area contributed by atoms with E-state index in [1.54, 1.807) is 0 Å². The Balaban J connectivity index is 2.27. The molecule has 1 aromatic rings. The van der Waals surface area contributed by atoms with Gasteiger partial charge in [-0.1, -0.05) is 19.1 Å². The molecule has 0 aliphatic rings. The van der Waals surface area contributed by atoms with Crippen molar-refractivity contribution in [1.82, 2.24) is 10.6 Å². The third-order valence-corrected chi connectivity index (χ3v) is 2.27. The summed E-state index contributed by atoms with van der Waals surface area (Å²) in [6.07, 6.45) is 0. The first-order valence-corrected chi connectivity index (χ1v) is 5.41. The molecule has 0 saturated carbocycles. The summed E-state index contributed by atoms with van der Waals surface area (Å²) in [5.74, 6) is -0.181. The maximum Gasteiger partial charge on any atom is 0.123 e. The second-order valence-corrected chi connectivity index (χ2v) is 3.72. The lowest BCUT2D eigenvalue weighted by molar-refractivity contribution is 0.508. The standard InChI is InChI=1S/C12H19FN2/c1-3-14-8-10(2)15-9-11-4-6-12(13)7-5-11/h4-7,10,14-15H,3,8-9H2,1-2H3. The zero-order valence-corrected chi connectivity index (χ0v) is 9.39. The van der Waals surface area contributed by atoms with Crippen LogP contribution in [0.15, 0.2) is 24.3 Å². The number of halogens is 1. The van der Waals surface area contributed by atoms with Crippen LogP contribution >= 0.6 is 0 Å². The number of nitrogens with one attached hydrogen (secondary N) is 2. The van der Waals surface area contributed by atoms with Gasteiger partial charge in [0.05, 0.1) is 0 Å². The Morgan fingerprint density at radius 1 is 1.27 bits per heavy atom. The summed E-state index contributed by atoms with van der Waals surface area (Å²) in [4.78, 5) is 0. The molecule has 0 spiro atoms. The Bertz CT molecular complexity index is 271. The minimum Gasteiger partial charge on any atom is -0.315 e. The lowest BCUT2D eigenvalue weighted by Crippen LogP contribution is -2.35. The first-order valence-electron chi connectivity index (χ1n) is 5.41. The Morgan fingerprint density at radius 2 is 1.93 bits per heavy atom. The fraction of sp³-hybridized carbons (Fsp3) is 0.500. The molecule has 2 nitrogen and oxygen atoms in total. The van der Waals surface area contributed by atoms with Crippen molar-refractivity contribution < 1.29 is 4.39 Å². The third kappa shape index (κ3) is 4.91. The van der Waals surface area contributed by atoms with Crippen molar-refractivity contribution in [3.05, 3.63) is 35.6 Å². The third-order valence-electron chi connectivity index (χ3n) is 2.27. The molecule has 0 fully saturated rings.